The van der Waals surface area contributed by atoms with E-state index < -0.39 is 0 Å². The van der Waals surface area contributed by atoms with Crippen LogP contribution in [0.5, 0.6) is 0 Å². The number of esters is 1. The summed E-state index contributed by atoms with van der Waals surface area (Å²) >= 11 is 0. The first-order valence-electron chi connectivity index (χ1n) is 3.39. The highest BCUT2D eigenvalue weighted by atomic mass is 16.5. The van der Waals surface area contributed by atoms with Crippen LogP contribution >= 0.6 is 0 Å². The molecule has 59 valence electrons. The molecular formula is C8H9O3. The Morgan fingerprint density at radius 3 is 3.00 bits per heavy atom. The zero-order valence-corrected chi connectivity index (χ0v) is 6.51. The minimum atomic E-state index is -0.352. The van der Waals surface area contributed by atoms with Gasteiger partial charge < -0.3 is 9.15 Å². The highest BCUT2D eigenvalue weighted by Gasteiger charge is 2.11. The van der Waals surface area contributed by atoms with Crippen LogP contribution in [0.2, 0.25) is 0 Å². The van der Waals surface area contributed by atoms with Crippen molar-refractivity contribution in [3.05, 3.63) is 23.7 Å². The van der Waals surface area contributed by atoms with Crippen LogP contribution in [0.1, 0.15) is 23.0 Å². The first kappa shape index (κ1) is 7.85. The van der Waals surface area contributed by atoms with E-state index in [4.69, 9.17) is 9.15 Å². The van der Waals surface area contributed by atoms with Crippen LogP contribution < -0.4 is 0 Å². The normalized spacial score (nSPS) is 9.64. The summed E-state index contributed by atoms with van der Waals surface area (Å²) in [7, 11) is 0. The third-order valence-electron chi connectivity index (χ3n) is 1.29. The van der Waals surface area contributed by atoms with Crippen LogP contribution in [0, 0.1) is 13.2 Å². The monoisotopic (exact) mass is 153 g/mol. The Labute approximate surface area is 65.0 Å². The third-order valence-corrected chi connectivity index (χ3v) is 1.29. The molecule has 3 nitrogen and oxygen atoms in total. The molecule has 0 fully saturated rings. The molecular weight excluding hydrogens is 144 g/mol. The van der Waals surface area contributed by atoms with Crippen LogP contribution in [-0.4, -0.2) is 12.6 Å². The van der Waals surface area contributed by atoms with Gasteiger partial charge in [-0.15, -0.1) is 0 Å². The molecule has 3 heteroatoms. The Bertz CT molecular complexity index is 250. The van der Waals surface area contributed by atoms with Crippen molar-refractivity contribution in [3.63, 3.8) is 0 Å². The average Bonchev–Trinajstić information content (AvgIpc) is 2.36. The number of carbonyl (C=O) groups is 1. The molecule has 1 aromatic heterocycles. The highest BCUT2D eigenvalue weighted by Crippen LogP contribution is 2.08. The standard InChI is InChI=1S/C8H9O3/c1-3-10-8(9)7-4-5-11-6(7)2/h4H,3H2,1-2H3. The first-order valence-corrected chi connectivity index (χ1v) is 3.39. The van der Waals surface area contributed by atoms with Crippen molar-refractivity contribution < 1.29 is 13.9 Å². The van der Waals surface area contributed by atoms with E-state index in [9.17, 15) is 4.79 Å². The summed E-state index contributed by atoms with van der Waals surface area (Å²) in [4.78, 5) is 11.0. The highest BCUT2D eigenvalue weighted by molar-refractivity contribution is 5.90. The molecule has 0 unspecified atom stereocenters. The molecule has 0 aromatic carbocycles. The van der Waals surface area contributed by atoms with Crippen molar-refractivity contribution in [2.24, 2.45) is 0 Å². The van der Waals surface area contributed by atoms with Gasteiger partial charge in [0.2, 0.25) is 0 Å². The molecule has 0 amide bonds. The molecule has 0 atom stereocenters. The van der Waals surface area contributed by atoms with E-state index in [1.54, 1.807) is 13.8 Å². The number of rotatable bonds is 2. The van der Waals surface area contributed by atoms with Gasteiger partial charge in [0.25, 0.3) is 0 Å². The molecule has 1 radical (unpaired) electrons. The van der Waals surface area contributed by atoms with Gasteiger partial charge in [-0.3, -0.25) is 0 Å². The average molecular weight is 153 g/mol. The van der Waals surface area contributed by atoms with Gasteiger partial charge in [-0.1, -0.05) is 0 Å². The van der Waals surface area contributed by atoms with Crippen molar-refractivity contribution in [2.75, 3.05) is 6.61 Å². The van der Waals surface area contributed by atoms with Gasteiger partial charge in [-0.2, -0.15) is 0 Å². The van der Waals surface area contributed by atoms with Gasteiger partial charge in [0, 0.05) is 6.07 Å². The molecule has 0 bridgehead atoms. The molecule has 1 aromatic rings. The maximum absolute atomic E-state index is 11.0. The Kier molecular flexibility index (Phi) is 2.31. The molecule has 0 spiro atoms. The second kappa shape index (κ2) is 3.23. The smallest absolute Gasteiger partial charge is 0.341 e. The lowest BCUT2D eigenvalue weighted by Gasteiger charge is -1.97. The molecule has 0 aliphatic heterocycles. The summed E-state index contributed by atoms with van der Waals surface area (Å²) < 4.78 is 9.55. The molecule has 0 saturated carbocycles. The van der Waals surface area contributed by atoms with Crippen molar-refractivity contribution in [1.82, 2.24) is 0 Å². The van der Waals surface area contributed by atoms with Crippen LogP contribution in [-0.2, 0) is 4.74 Å². The fraction of sp³-hybridized carbons (Fsp3) is 0.375. The van der Waals surface area contributed by atoms with Gasteiger partial charge in [-0.05, 0) is 13.8 Å². The van der Waals surface area contributed by atoms with Crippen molar-refractivity contribution in [3.8, 4) is 0 Å². The minimum Gasteiger partial charge on any atom is -0.462 e. The van der Waals surface area contributed by atoms with Crippen molar-refractivity contribution in [2.45, 2.75) is 13.8 Å². The largest absolute Gasteiger partial charge is 0.462 e. The predicted molar refractivity (Wildman–Crippen MR) is 38.2 cm³/mol. The predicted octanol–water partition coefficient (Wildman–Crippen LogP) is 1.56. The van der Waals surface area contributed by atoms with E-state index in [1.165, 1.54) is 6.07 Å². The molecule has 0 aliphatic carbocycles. The summed E-state index contributed by atoms with van der Waals surface area (Å²) in [5.41, 5.74) is 0.451. The van der Waals surface area contributed by atoms with Gasteiger partial charge >= 0.3 is 5.97 Å². The lowest BCUT2D eigenvalue weighted by molar-refractivity contribution is 0.0524. The second-order valence-electron chi connectivity index (χ2n) is 2.05. The van der Waals surface area contributed by atoms with E-state index >= 15 is 0 Å². The molecule has 0 aliphatic rings. The van der Waals surface area contributed by atoms with Gasteiger partial charge in [0.15, 0.2) is 6.26 Å². The quantitative estimate of drug-likeness (QED) is 0.605. The summed E-state index contributed by atoms with van der Waals surface area (Å²) in [6, 6.07) is 1.48. The lowest BCUT2D eigenvalue weighted by atomic mass is 10.3. The lowest BCUT2D eigenvalue weighted by Crippen LogP contribution is -2.04. The number of hydrogen-bond donors (Lipinski definition) is 0. The molecule has 11 heavy (non-hydrogen) atoms. The van der Waals surface area contributed by atoms with E-state index in [0.717, 1.165) is 0 Å². The van der Waals surface area contributed by atoms with Crippen LogP contribution in [0.3, 0.4) is 0 Å². The first-order chi connectivity index (χ1) is 5.25. The molecule has 1 heterocycles. The van der Waals surface area contributed by atoms with Crippen LogP contribution in [0.15, 0.2) is 10.5 Å². The molecule has 0 N–H and O–H groups in total. The van der Waals surface area contributed by atoms with Crippen molar-refractivity contribution in [1.29, 1.82) is 0 Å². The number of hydrogen-bond acceptors (Lipinski definition) is 3. The second-order valence-corrected chi connectivity index (χ2v) is 2.05. The molecule has 1 rings (SSSR count). The Hall–Kier alpha value is -1.25. The summed E-state index contributed by atoms with van der Waals surface area (Å²) in [5, 5.41) is 0. The van der Waals surface area contributed by atoms with Crippen molar-refractivity contribution >= 4 is 5.97 Å². The third kappa shape index (κ3) is 1.61. The number of furan rings is 1. The Morgan fingerprint density at radius 1 is 1.82 bits per heavy atom. The van der Waals surface area contributed by atoms with Crippen LogP contribution in [0.4, 0.5) is 0 Å². The van der Waals surface area contributed by atoms with E-state index in [0.29, 0.717) is 17.9 Å². The van der Waals surface area contributed by atoms with E-state index in [2.05, 4.69) is 6.26 Å². The van der Waals surface area contributed by atoms with Gasteiger partial charge in [0.1, 0.15) is 11.3 Å². The Morgan fingerprint density at radius 2 is 2.55 bits per heavy atom. The fourth-order valence-corrected chi connectivity index (χ4v) is 0.745. The van der Waals surface area contributed by atoms with Crippen LogP contribution in [0.25, 0.3) is 0 Å². The number of carbonyl (C=O) groups excluding carboxylic acids is 1. The van der Waals surface area contributed by atoms with Gasteiger partial charge in [-0.25, -0.2) is 4.79 Å². The maximum atomic E-state index is 11.0. The summed E-state index contributed by atoms with van der Waals surface area (Å²) in [5.74, 6) is 0.193. The van der Waals surface area contributed by atoms with E-state index in [1.807, 2.05) is 0 Å². The summed E-state index contributed by atoms with van der Waals surface area (Å²) in [6.45, 7) is 3.84. The number of aryl methyl sites for hydroxylation is 1. The maximum Gasteiger partial charge on any atom is 0.341 e. The SMILES string of the molecule is CCOC(=O)c1c[c]oc1C. The fourth-order valence-electron chi connectivity index (χ4n) is 0.745. The summed E-state index contributed by atoms with van der Waals surface area (Å²) in [6.07, 6.45) is 2.46. The molecule has 0 saturated heterocycles. The zero-order valence-electron chi connectivity index (χ0n) is 6.51. The minimum absolute atomic E-state index is 0.352. The van der Waals surface area contributed by atoms with Gasteiger partial charge in [0.05, 0.1) is 6.61 Å². The topological polar surface area (TPSA) is 39.4 Å². The van der Waals surface area contributed by atoms with E-state index in [-0.39, 0.29) is 5.97 Å². The number of ether oxygens (including phenoxy) is 1. The zero-order chi connectivity index (χ0) is 8.27. The Balaban J connectivity index is 2.76.